The van der Waals surface area contributed by atoms with Crippen LogP contribution in [0.4, 0.5) is 0 Å². The summed E-state index contributed by atoms with van der Waals surface area (Å²) in [5.74, 6) is 0. The molecule has 0 N–H and O–H groups in total. The zero-order valence-electron chi connectivity index (χ0n) is 10.6. The van der Waals surface area contributed by atoms with Crippen LogP contribution in [-0.4, -0.2) is 10.4 Å². The lowest BCUT2D eigenvalue weighted by atomic mass is 10.3. The summed E-state index contributed by atoms with van der Waals surface area (Å²) in [7, 11) is 0. The summed E-state index contributed by atoms with van der Waals surface area (Å²) in [6.07, 6.45) is 0. The van der Waals surface area contributed by atoms with Crippen molar-refractivity contribution >= 4 is 81.7 Å². The molecule has 0 aromatic heterocycles. The van der Waals surface area contributed by atoms with Crippen molar-refractivity contribution in [2.24, 2.45) is 0 Å². The zero-order chi connectivity index (χ0) is 15.2. The fourth-order valence-corrected chi connectivity index (χ4v) is 4.84. The quantitative estimate of drug-likeness (QED) is 0.350. The van der Waals surface area contributed by atoms with Gasteiger partial charge in [0.05, 0.1) is 20.5 Å². The Kier molecular flexibility index (Phi) is 7.77. The molecule has 2 aromatic rings. The van der Waals surface area contributed by atoms with Crippen molar-refractivity contribution in [2.45, 2.75) is 19.6 Å². The fourth-order valence-electron chi connectivity index (χ4n) is 1.55. The molecule has 7 heteroatoms. The molecule has 0 fully saturated rings. The second-order valence-electron chi connectivity index (χ2n) is 3.79. The highest BCUT2D eigenvalue weighted by Gasteiger charge is 2.08. The van der Waals surface area contributed by atoms with Gasteiger partial charge >= 0.3 is 0 Å². The highest BCUT2D eigenvalue weighted by Crippen LogP contribution is 2.40. The topological polar surface area (TPSA) is 0 Å². The standard InChI is InChI=1S/C14H10Cl4S3/c15-7-19-9-1-3-13(11(17)5-9)21-14-4-2-10(20-8-16)6-12(14)18/h1-6H,7-8H2. The van der Waals surface area contributed by atoms with E-state index in [0.29, 0.717) is 20.5 Å². The lowest BCUT2D eigenvalue weighted by molar-refractivity contribution is 1.32. The lowest BCUT2D eigenvalue weighted by Gasteiger charge is -2.08. The molecule has 0 amide bonds. The van der Waals surface area contributed by atoms with Crippen LogP contribution in [0.3, 0.4) is 0 Å². The normalized spacial score (nSPS) is 10.9. The molecule has 0 aliphatic carbocycles. The molecule has 0 aliphatic heterocycles. The van der Waals surface area contributed by atoms with Gasteiger partial charge in [-0.3, -0.25) is 0 Å². The smallest absolute Gasteiger partial charge is 0.0727 e. The molecule has 2 aromatic carbocycles. The first-order valence-corrected chi connectivity index (χ1v) is 10.4. The van der Waals surface area contributed by atoms with Gasteiger partial charge in [-0.05, 0) is 36.4 Å². The minimum Gasteiger partial charge on any atom is -0.114 e. The number of halogens is 4. The number of benzene rings is 2. The van der Waals surface area contributed by atoms with Crippen molar-refractivity contribution in [2.75, 3.05) is 10.4 Å². The van der Waals surface area contributed by atoms with Crippen molar-refractivity contribution < 1.29 is 0 Å². The van der Waals surface area contributed by atoms with E-state index in [1.54, 1.807) is 35.3 Å². The molecule has 21 heavy (non-hydrogen) atoms. The van der Waals surface area contributed by atoms with E-state index in [2.05, 4.69) is 0 Å². The van der Waals surface area contributed by atoms with Crippen LogP contribution in [0.25, 0.3) is 0 Å². The first kappa shape index (κ1) is 18.0. The Bertz CT molecular complexity index is 566. The van der Waals surface area contributed by atoms with Gasteiger partial charge in [0.15, 0.2) is 0 Å². The minimum absolute atomic E-state index is 0.508. The molecule has 0 saturated carbocycles. The third kappa shape index (κ3) is 5.35. The Morgan fingerprint density at radius 2 is 1.14 bits per heavy atom. The summed E-state index contributed by atoms with van der Waals surface area (Å²) in [6, 6.07) is 11.8. The maximum Gasteiger partial charge on any atom is 0.0727 e. The van der Waals surface area contributed by atoms with Crippen molar-refractivity contribution in [3.8, 4) is 0 Å². The van der Waals surface area contributed by atoms with E-state index < -0.39 is 0 Å². The van der Waals surface area contributed by atoms with Gasteiger partial charge in [0.1, 0.15) is 0 Å². The third-order valence-corrected chi connectivity index (χ3v) is 6.52. The van der Waals surface area contributed by atoms with Gasteiger partial charge in [0.25, 0.3) is 0 Å². The second kappa shape index (κ2) is 9.07. The molecule has 2 rings (SSSR count). The molecule has 0 aliphatic rings. The summed E-state index contributed by atoms with van der Waals surface area (Å²) in [5.41, 5.74) is 0. The molecule has 0 spiro atoms. The Morgan fingerprint density at radius 3 is 1.48 bits per heavy atom. The van der Waals surface area contributed by atoms with E-state index in [9.17, 15) is 0 Å². The molecule has 0 unspecified atom stereocenters. The predicted molar refractivity (Wildman–Crippen MR) is 100 cm³/mol. The van der Waals surface area contributed by atoms with Crippen LogP contribution in [0.5, 0.6) is 0 Å². The van der Waals surface area contributed by atoms with E-state index in [1.165, 1.54) is 0 Å². The number of thioether (sulfide) groups is 2. The van der Waals surface area contributed by atoms with E-state index in [0.717, 1.165) is 19.6 Å². The van der Waals surface area contributed by atoms with E-state index in [4.69, 9.17) is 46.4 Å². The monoisotopic (exact) mass is 414 g/mol. The summed E-state index contributed by atoms with van der Waals surface area (Å²) >= 11 is 28.7. The molecule has 0 atom stereocenters. The molecule has 0 nitrogen and oxygen atoms in total. The Morgan fingerprint density at radius 1 is 0.714 bits per heavy atom. The highest BCUT2D eigenvalue weighted by atomic mass is 35.5. The van der Waals surface area contributed by atoms with Crippen LogP contribution in [0.15, 0.2) is 56.0 Å². The van der Waals surface area contributed by atoms with Crippen LogP contribution >= 0.6 is 81.7 Å². The van der Waals surface area contributed by atoms with Gasteiger partial charge in [0, 0.05) is 19.6 Å². The fraction of sp³-hybridized carbons (Fsp3) is 0.143. The zero-order valence-corrected chi connectivity index (χ0v) is 16.1. The molecule has 0 saturated heterocycles. The Balaban J connectivity index is 2.18. The highest BCUT2D eigenvalue weighted by molar-refractivity contribution is 8.00. The summed E-state index contributed by atoms with van der Waals surface area (Å²) in [5, 5.41) is 2.42. The predicted octanol–water partition coefficient (Wildman–Crippen LogP) is 7.72. The van der Waals surface area contributed by atoms with Crippen molar-refractivity contribution in [3.63, 3.8) is 0 Å². The van der Waals surface area contributed by atoms with Gasteiger partial charge in [0.2, 0.25) is 0 Å². The summed E-state index contributed by atoms with van der Waals surface area (Å²) < 4.78 is 0. The molecular weight excluding hydrogens is 406 g/mol. The van der Waals surface area contributed by atoms with Crippen molar-refractivity contribution in [1.29, 1.82) is 0 Å². The lowest BCUT2D eigenvalue weighted by Crippen LogP contribution is -1.81. The average molecular weight is 416 g/mol. The van der Waals surface area contributed by atoms with Gasteiger partial charge in [-0.15, -0.1) is 46.7 Å². The molecule has 0 radical (unpaired) electrons. The maximum atomic E-state index is 6.31. The van der Waals surface area contributed by atoms with Crippen LogP contribution in [0.2, 0.25) is 10.0 Å². The van der Waals surface area contributed by atoms with Gasteiger partial charge in [-0.2, -0.15) is 0 Å². The van der Waals surface area contributed by atoms with E-state index in [1.807, 2.05) is 36.4 Å². The van der Waals surface area contributed by atoms with Gasteiger partial charge in [-0.1, -0.05) is 35.0 Å². The molecule has 0 bridgehead atoms. The number of hydrogen-bond donors (Lipinski definition) is 0. The number of alkyl halides is 2. The second-order valence-corrected chi connectivity index (χ2v) is 8.96. The van der Waals surface area contributed by atoms with Crippen LogP contribution < -0.4 is 0 Å². The van der Waals surface area contributed by atoms with E-state index in [-0.39, 0.29) is 0 Å². The Labute approximate surface area is 157 Å². The number of rotatable bonds is 6. The number of hydrogen-bond acceptors (Lipinski definition) is 3. The first-order valence-electron chi connectivity index (χ1n) is 5.78. The molecule has 112 valence electrons. The van der Waals surface area contributed by atoms with Crippen LogP contribution in [-0.2, 0) is 0 Å². The van der Waals surface area contributed by atoms with Crippen LogP contribution in [0, 0.1) is 0 Å². The Hall–Kier alpha value is 0.650. The summed E-state index contributed by atoms with van der Waals surface area (Å²) in [6.45, 7) is 0. The first-order chi connectivity index (χ1) is 10.1. The summed E-state index contributed by atoms with van der Waals surface area (Å²) in [4.78, 5) is 4.05. The largest absolute Gasteiger partial charge is 0.114 e. The van der Waals surface area contributed by atoms with E-state index >= 15 is 0 Å². The average Bonchev–Trinajstić information content (AvgIpc) is 2.45. The van der Waals surface area contributed by atoms with Gasteiger partial charge < -0.3 is 0 Å². The van der Waals surface area contributed by atoms with Gasteiger partial charge in [-0.25, -0.2) is 0 Å². The minimum atomic E-state index is 0.508. The van der Waals surface area contributed by atoms with Crippen LogP contribution in [0.1, 0.15) is 0 Å². The molecule has 0 heterocycles. The third-order valence-electron chi connectivity index (χ3n) is 2.47. The SMILES string of the molecule is ClCSc1ccc(Sc2ccc(SCCl)cc2Cl)c(Cl)c1. The van der Waals surface area contributed by atoms with Crippen molar-refractivity contribution in [3.05, 3.63) is 46.4 Å². The molecular formula is C14H10Cl4S3. The van der Waals surface area contributed by atoms with Crippen molar-refractivity contribution in [1.82, 2.24) is 0 Å². The maximum absolute atomic E-state index is 6.31.